The van der Waals surface area contributed by atoms with Crippen molar-refractivity contribution in [2.24, 2.45) is 0 Å². The number of hydrogen-bond donors (Lipinski definition) is 0. The molecule has 25 heavy (non-hydrogen) atoms. The van der Waals surface area contributed by atoms with E-state index in [1.807, 2.05) is 55.1 Å². The molecule has 0 saturated heterocycles. The minimum atomic E-state index is -0.362. The van der Waals surface area contributed by atoms with Gasteiger partial charge in [-0.15, -0.1) is 0 Å². The van der Waals surface area contributed by atoms with Gasteiger partial charge in [-0.05, 0) is 58.4 Å². The molecule has 0 rings (SSSR count). The second-order valence-electron chi connectivity index (χ2n) is 4.84. The monoisotopic (exact) mass is 466 g/mol. The van der Waals surface area contributed by atoms with Crippen molar-refractivity contribution in [1.29, 1.82) is 0 Å². The van der Waals surface area contributed by atoms with Crippen molar-refractivity contribution in [3.8, 4) is 0 Å². The molecule has 0 aromatic carbocycles. The minimum Gasteiger partial charge on any atom is -0.422 e. The molecule has 5 nitrogen and oxygen atoms in total. The van der Waals surface area contributed by atoms with Gasteiger partial charge in [-0.25, -0.2) is 0 Å². The summed E-state index contributed by atoms with van der Waals surface area (Å²) in [4.78, 5) is 0. The van der Waals surface area contributed by atoms with E-state index >= 15 is 0 Å². The predicted octanol–water partition coefficient (Wildman–Crippen LogP) is 3.49. The van der Waals surface area contributed by atoms with Crippen molar-refractivity contribution in [2.45, 2.75) is 38.8 Å². The van der Waals surface area contributed by atoms with Gasteiger partial charge in [0.1, 0.15) is 13.6 Å². The van der Waals surface area contributed by atoms with Crippen LogP contribution in [-0.2, 0) is 23.1 Å². The molecule has 0 heterocycles. The molecule has 0 aliphatic carbocycles. The van der Waals surface area contributed by atoms with Gasteiger partial charge in [0.25, 0.3) is 0 Å². The molecule has 0 saturated carbocycles. The van der Waals surface area contributed by atoms with E-state index in [9.17, 15) is 0 Å². The third kappa shape index (κ3) is 25.6. The molecular weight excluding hydrogens is 433 g/mol. The second-order valence-corrected chi connectivity index (χ2v) is 14.1. The van der Waals surface area contributed by atoms with Crippen LogP contribution in [0, 0.1) is 0 Å². The third-order valence-corrected chi connectivity index (χ3v) is 12.0. The Bertz CT molecular complexity index is 227. The fourth-order valence-electron chi connectivity index (χ4n) is 1.46. The average molecular weight is 467 g/mol. The van der Waals surface area contributed by atoms with Gasteiger partial charge in [0.15, 0.2) is 19.5 Å². The van der Waals surface area contributed by atoms with Crippen LogP contribution in [0.4, 0.5) is 0 Å². The zero-order valence-corrected chi connectivity index (χ0v) is 21.7. The van der Waals surface area contributed by atoms with Gasteiger partial charge >= 0.3 is 0 Å². The first kappa shape index (κ1) is 26.6. The molecule has 0 aliphatic heterocycles. The Hall–Kier alpha value is 1.63. The fraction of sp³-hybridized carbons (Fsp3) is 1.00. The first-order chi connectivity index (χ1) is 12.4. The Morgan fingerprint density at radius 2 is 1.28 bits per heavy atom. The first-order valence-corrected chi connectivity index (χ1v) is 17.2. The van der Waals surface area contributed by atoms with E-state index in [1.165, 1.54) is 36.4 Å². The SMILES string of the molecule is CCOCOCCO[SiH2]CCCSSSSCCC[SiH2]OCOCC. The standard InChI is InChI=1S/C14H34O5S4Si2/c1-3-15-13-17-7-8-18-24-11-5-9-20-22-23-21-10-6-12-25-19-14-16-4-2/h3-14,24-25H2,1-2H3. The van der Waals surface area contributed by atoms with Gasteiger partial charge in [-0.3, -0.25) is 0 Å². The van der Waals surface area contributed by atoms with Gasteiger partial charge < -0.3 is 23.1 Å². The maximum absolute atomic E-state index is 5.65. The van der Waals surface area contributed by atoms with Crippen molar-refractivity contribution in [3.63, 3.8) is 0 Å². The molecule has 0 N–H and O–H groups in total. The number of hydrogen-bond acceptors (Lipinski definition) is 9. The predicted molar refractivity (Wildman–Crippen MR) is 122 cm³/mol. The van der Waals surface area contributed by atoms with Crippen LogP contribution in [-0.4, -0.2) is 71.0 Å². The molecule has 0 spiro atoms. The zero-order chi connectivity index (χ0) is 18.3. The highest BCUT2D eigenvalue weighted by Gasteiger charge is 1.97. The molecule has 0 fully saturated rings. The molecule has 0 bridgehead atoms. The maximum Gasteiger partial charge on any atom is 0.164 e. The molecule has 0 amide bonds. The van der Waals surface area contributed by atoms with Crippen molar-refractivity contribution < 1.29 is 23.1 Å². The lowest BCUT2D eigenvalue weighted by Crippen LogP contribution is -2.09. The smallest absolute Gasteiger partial charge is 0.164 e. The normalized spacial score (nSPS) is 12.2. The van der Waals surface area contributed by atoms with Gasteiger partial charge in [0, 0.05) is 24.7 Å². The lowest BCUT2D eigenvalue weighted by Gasteiger charge is -2.05. The minimum absolute atomic E-state index is 0.356. The van der Waals surface area contributed by atoms with Crippen LogP contribution in [0.1, 0.15) is 26.7 Å². The Morgan fingerprint density at radius 1 is 0.680 bits per heavy atom. The molecule has 0 unspecified atom stereocenters. The third-order valence-electron chi connectivity index (χ3n) is 2.77. The first-order valence-electron chi connectivity index (χ1n) is 8.88. The molecular formula is C14H34O5S4Si2. The largest absolute Gasteiger partial charge is 0.422 e. The lowest BCUT2D eigenvalue weighted by molar-refractivity contribution is -0.0560. The number of rotatable bonds is 22. The summed E-state index contributed by atoms with van der Waals surface area (Å²) in [5.41, 5.74) is 0. The van der Waals surface area contributed by atoms with Crippen molar-refractivity contribution in [2.75, 3.05) is 51.5 Å². The van der Waals surface area contributed by atoms with E-state index in [-0.39, 0.29) is 19.5 Å². The van der Waals surface area contributed by atoms with E-state index in [2.05, 4.69) is 0 Å². The Balaban J connectivity index is 2.94. The second kappa shape index (κ2) is 25.6. The Kier molecular flexibility index (Phi) is 27.3. The highest BCUT2D eigenvalue weighted by atomic mass is 33.7. The molecule has 0 radical (unpaired) electrons. The van der Waals surface area contributed by atoms with Gasteiger partial charge in [-0.2, -0.15) is 0 Å². The Morgan fingerprint density at radius 3 is 1.92 bits per heavy atom. The van der Waals surface area contributed by atoms with E-state index < -0.39 is 0 Å². The quantitative estimate of drug-likeness (QED) is 0.103. The number of ether oxygens (including phenoxy) is 3. The van der Waals surface area contributed by atoms with Crippen LogP contribution in [0.2, 0.25) is 12.1 Å². The molecule has 0 atom stereocenters. The molecule has 0 aromatic heterocycles. The highest BCUT2D eigenvalue weighted by Crippen LogP contribution is 2.43. The van der Waals surface area contributed by atoms with Crippen LogP contribution in [0.25, 0.3) is 0 Å². The summed E-state index contributed by atoms with van der Waals surface area (Å²) >= 11 is 0. The molecule has 0 aromatic rings. The van der Waals surface area contributed by atoms with Gasteiger partial charge in [0.05, 0.1) is 13.2 Å². The van der Waals surface area contributed by atoms with Gasteiger partial charge in [-0.1, -0.05) is 21.6 Å². The van der Waals surface area contributed by atoms with E-state index in [0.717, 1.165) is 6.61 Å². The lowest BCUT2D eigenvalue weighted by atomic mass is 10.6. The summed E-state index contributed by atoms with van der Waals surface area (Å²) in [5, 5.41) is 0. The summed E-state index contributed by atoms with van der Waals surface area (Å²) < 4.78 is 26.6. The van der Waals surface area contributed by atoms with Crippen LogP contribution in [0.5, 0.6) is 0 Å². The summed E-state index contributed by atoms with van der Waals surface area (Å²) in [5.74, 6) is 2.43. The van der Waals surface area contributed by atoms with E-state index in [1.54, 1.807) is 0 Å². The molecule has 11 heteroatoms. The van der Waals surface area contributed by atoms with Crippen molar-refractivity contribution in [3.05, 3.63) is 0 Å². The van der Waals surface area contributed by atoms with Crippen LogP contribution in [0.15, 0.2) is 0 Å². The van der Waals surface area contributed by atoms with Crippen molar-refractivity contribution >= 4 is 60.8 Å². The molecule has 0 aliphatic rings. The van der Waals surface area contributed by atoms with Gasteiger partial charge in [0.2, 0.25) is 0 Å². The van der Waals surface area contributed by atoms with Crippen LogP contribution < -0.4 is 0 Å². The van der Waals surface area contributed by atoms with E-state index in [0.29, 0.717) is 33.4 Å². The van der Waals surface area contributed by atoms with Crippen LogP contribution in [0.3, 0.4) is 0 Å². The zero-order valence-electron chi connectivity index (χ0n) is 15.6. The fourth-order valence-corrected chi connectivity index (χ4v) is 10.3. The molecule has 152 valence electrons. The summed E-state index contributed by atoms with van der Waals surface area (Å²) in [7, 11) is 7.01. The van der Waals surface area contributed by atoms with E-state index in [4.69, 9.17) is 23.1 Å². The summed E-state index contributed by atoms with van der Waals surface area (Å²) in [6, 6.07) is 2.50. The highest BCUT2D eigenvalue weighted by molar-refractivity contribution is 9.26. The Labute approximate surface area is 173 Å². The maximum atomic E-state index is 5.65. The topological polar surface area (TPSA) is 46.2 Å². The summed E-state index contributed by atoms with van der Waals surface area (Å²) in [6.07, 6.45) is 2.52. The summed E-state index contributed by atoms with van der Waals surface area (Å²) in [6.45, 7) is 7.64. The van der Waals surface area contributed by atoms with Crippen molar-refractivity contribution in [1.82, 2.24) is 0 Å². The average Bonchev–Trinajstić information content (AvgIpc) is 2.63. The van der Waals surface area contributed by atoms with Crippen LogP contribution >= 0.6 is 41.2 Å².